The maximum absolute atomic E-state index is 11.8. The highest BCUT2D eigenvalue weighted by molar-refractivity contribution is 8.14. The van der Waals surface area contributed by atoms with Crippen LogP contribution in [0.15, 0.2) is 29.4 Å². The van der Waals surface area contributed by atoms with E-state index in [1.165, 1.54) is 30.6 Å². The average Bonchev–Trinajstić information content (AvgIpc) is 2.92. The zero-order chi connectivity index (χ0) is 17.0. The van der Waals surface area contributed by atoms with Gasteiger partial charge < -0.3 is 10.2 Å². The number of nitrogens with one attached hydrogen (secondary N) is 1. The van der Waals surface area contributed by atoms with Crippen LogP contribution in [0.2, 0.25) is 0 Å². The summed E-state index contributed by atoms with van der Waals surface area (Å²) in [6.07, 6.45) is 0. The molecule has 2 rings (SSSR count). The predicted octanol–water partition coefficient (Wildman–Crippen LogP) is 2.53. The second-order valence-corrected chi connectivity index (χ2v) is 6.25. The molecule has 1 atom stereocenters. The second-order valence-electron chi connectivity index (χ2n) is 5.18. The molecule has 1 aliphatic rings. The molecule has 0 unspecified atom stereocenters. The van der Waals surface area contributed by atoms with E-state index in [4.69, 9.17) is 0 Å². The van der Waals surface area contributed by atoms with Gasteiger partial charge in [-0.1, -0.05) is 23.9 Å². The van der Waals surface area contributed by atoms with Gasteiger partial charge in [0.2, 0.25) is 11.8 Å². The molecule has 0 spiro atoms. The summed E-state index contributed by atoms with van der Waals surface area (Å²) in [5.74, 6) is -0.354. The van der Waals surface area contributed by atoms with Crippen molar-refractivity contribution in [2.75, 3.05) is 18.0 Å². The molecule has 0 bridgehead atoms. The van der Waals surface area contributed by atoms with Crippen LogP contribution < -0.4 is 10.2 Å². The van der Waals surface area contributed by atoms with Crippen molar-refractivity contribution < 1.29 is 9.59 Å². The van der Waals surface area contributed by atoms with E-state index in [1.807, 2.05) is 12.1 Å². The summed E-state index contributed by atoms with van der Waals surface area (Å²) < 4.78 is 0. The van der Waals surface area contributed by atoms with E-state index in [1.54, 1.807) is 0 Å². The van der Waals surface area contributed by atoms with Crippen LogP contribution in [0.4, 0.5) is 5.69 Å². The third-order valence-electron chi connectivity index (χ3n) is 3.56. The molecule has 0 aliphatic carbocycles. The van der Waals surface area contributed by atoms with Crippen LogP contribution in [0, 0.1) is 0 Å². The van der Waals surface area contributed by atoms with Gasteiger partial charge in [0.25, 0.3) is 0 Å². The molecule has 7 heteroatoms. The molecule has 6 nitrogen and oxygen atoms in total. The molecule has 1 N–H and O–H groups in total. The van der Waals surface area contributed by atoms with Crippen LogP contribution >= 0.6 is 11.8 Å². The summed E-state index contributed by atoms with van der Waals surface area (Å²) in [6.45, 7) is 9.03. The van der Waals surface area contributed by atoms with E-state index in [2.05, 4.69) is 41.3 Å². The maximum Gasteiger partial charge on any atom is 0.241 e. The number of thioether (sulfide) groups is 1. The zero-order valence-corrected chi connectivity index (χ0v) is 14.7. The molecule has 124 valence electrons. The molecular weight excluding hydrogens is 312 g/mol. The quantitative estimate of drug-likeness (QED) is 0.919. The molecule has 0 radical (unpaired) electrons. The lowest BCUT2D eigenvalue weighted by Crippen LogP contribution is -2.25. The van der Waals surface area contributed by atoms with Gasteiger partial charge >= 0.3 is 0 Å². The van der Waals surface area contributed by atoms with Crippen LogP contribution in [-0.2, 0) is 9.59 Å². The first-order valence-electron chi connectivity index (χ1n) is 7.63. The van der Waals surface area contributed by atoms with Gasteiger partial charge in [-0.2, -0.15) is 0 Å². The summed E-state index contributed by atoms with van der Waals surface area (Å²) >= 11 is 1.36. The predicted molar refractivity (Wildman–Crippen MR) is 94.1 cm³/mol. The molecule has 2 amide bonds. The van der Waals surface area contributed by atoms with Crippen molar-refractivity contribution >= 4 is 34.4 Å². The number of amidine groups is 1. The molecule has 1 aromatic rings. The Morgan fingerprint density at radius 3 is 2.30 bits per heavy atom. The van der Waals surface area contributed by atoms with Crippen molar-refractivity contribution in [1.29, 1.82) is 0 Å². The SMILES string of the molecule is CCN(CC)c1ccc([C@H]2SC(NC(C)=O)=NN2C(C)=O)cc1. The lowest BCUT2D eigenvalue weighted by molar-refractivity contribution is -0.129. The Morgan fingerprint density at radius 1 is 1.22 bits per heavy atom. The van der Waals surface area contributed by atoms with E-state index >= 15 is 0 Å². The van der Waals surface area contributed by atoms with E-state index in [0.717, 1.165) is 24.3 Å². The standard InChI is InChI=1S/C16H22N4O2S/c1-5-19(6-2)14-9-7-13(8-10-14)15-20(12(4)22)18-16(23-15)17-11(3)21/h7-10,15H,5-6H2,1-4H3,(H,17,18,21)/t15-/m1/s1. The summed E-state index contributed by atoms with van der Waals surface area (Å²) in [6, 6.07) is 8.12. The first kappa shape index (κ1) is 17.3. The van der Waals surface area contributed by atoms with Gasteiger partial charge in [0.15, 0.2) is 5.17 Å². The highest BCUT2D eigenvalue weighted by Gasteiger charge is 2.32. The molecular formula is C16H22N4O2S. The van der Waals surface area contributed by atoms with Gasteiger partial charge in [-0.3, -0.25) is 9.59 Å². The molecule has 0 aromatic heterocycles. The normalized spacial score (nSPS) is 17.0. The van der Waals surface area contributed by atoms with E-state index in [0.29, 0.717) is 5.17 Å². The fraction of sp³-hybridized carbons (Fsp3) is 0.438. The second kappa shape index (κ2) is 7.50. The van der Waals surface area contributed by atoms with Crippen molar-refractivity contribution in [3.05, 3.63) is 29.8 Å². The van der Waals surface area contributed by atoms with Crippen molar-refractivity contribution in [3.63, 3.8) is 0 Å². The fourth-order valence-corrected chi connectivity index (χ4v) is 3.56. The van der Waals surface area contributed by atoms with Crippen LogP contribution in [0.3, 0.4) is 0 Å². The first-order valence-corrected chi connectivity index (χ1v) is 8.51. The first-order chi connectivity index (χ1) is 11.0. The lowest BCUT2D eigenvalue weighted by Gasteiger charge is -2.23. The number of hydrazone groups is 1. The molecule has 0 fully saturated rings. The van der Waals surface area contributed by atoms with Gasteiger partial charge in [0.1, 0.15) is 5.37 Å². The number of hydrogen-bond donors (Lipinski definition) is 1. The van der Waals surface area contributed by atoms with Gasteiger partial charge in [-0.05, 0) is 31.5 Å². The fourth-order valence-electron chi connectivity index (χ4n) is 2.42. The Bertz CT molecular complexity index is 611. The van der Waals surface area contributed by atoms with Gasteiger partial charge in [0, 0.05) is 32.6 Å². The summed E-state index contributed by atoms with van der Waals surface area (Å²) in [5, 5.41) is 8.45. The number of hydrogen-bond acceptors (Lipinski definition) is 5. The number of carbonyl (C=O) groups excluding carboxylic acids is 2. The molecule has 0 saturated heterocycles. The Balaban J connectivity index is 2.20. The minimum atomic E-state index is -0.250. The molecule has 1 heterocycles. The average molecular weight is 334 g/mol. The van der Waals surface area contributed by atoms with E-state index < -0.39 is 0 Å². The summed E-state index contributed by atoms with van der Waals surface area (Å²) in [4.78, 5) is 25.3. The zero-order valence-electron chi connectivity index (χ0n) is 13.9. The van der Waals surface area contributed by atoms with Gasteiger partial charge in [-0.15, -0.1) is 5.10 Å². The van der Waals surface area contributed by atoms with Crippen LogP contribution in [0.25, 0.3) is 0 Å². The van der Waals surface area contributed by atoms with E-state index in [-0.39, 0.29) is 17.2 Å². The number of nitrogens with zero attached hydrogens (tertiary/aromatic N) is 3. The van der Waals surface area contributed by atoms with Crippen LogP contribution in [0.1, 0.15) is 38.6 Å². The Morgan fingerprint density at radius 2 is 1.83 bits per heavy atom. The van der Waals surface area contributed by atoms with Gasteiger partial charge in [-0.25, -0.2) is 5.01 Å². The van der Waals surface area contributed by atoms with Crippen LogP contribution in [0.5, 0.6) is 0 Å². The molecule has 1 aliphatic heterocycles. The summed E-state index contributed by atoms with van der Waals surface area (Å²) in [7, 11) is 0. The highest BCUT2D eigenvalue weighted by Crippen LogP contribution is 2.39. The molecule has 23 heavy (non-hydrogen) atoms. The number of amides is 2. The molecule has 0 saturated carbocycles. The van der Waals surface area contributed by atoms with Crippen molar-refractivity contribution in [2.45, 2.75) is 33.1 Å². The Labute approximate surface area is 140 Å². The Hall–Kier alpha value is -2.02. The monoisotopic (exact) mass is 334 g/mol. The minimum Gasteiger partial charge on any atom is -0.372 e. The van der Waals surface area contributed by atoms with E-state index in [9.17, 15) is 9.59 Å². The highest BCUT2D eigenvalue weighted by atomic mass is 32.2. The van der Waals surface area contributed by atoms with Gasteiger partial charge in [0.05, 0.1) is 0 Å². The number of carbonyl (C=O) groups is 2. The number of benzene rings is 1. The molecule has 1 aromatic carbocycles. The summed E-state index contributed by atoms with van der Waals surface area (Å²) in [5.41, 5.74) is 2.13. The van der Waals surface area contributed by atoms with Crippen molar-refractivity contribution in [1.82, 2.24) is 10.3 Å². The van der Waals surface area contributed by atoms with Crippen LogP contribution in [-0.4, -0.2) is 35.1 Å². The third kappa shape index (κ3) is 4.04. The topological polar surface area (TPSA) is 65.0 Å². The number of rotatable bonds is 4. The smallest absolute Gasteiger partial charge is 0.241 e. The lowest BCUT2D eigenvalue weighted by atomic mass is 10.2. The Kier molecular flexibility index (Phi) is 5.65. The largest absolute Gasteiger partial charge is 0.372 e. The maximum atomic E-state index is 11.8. The third-order valence-corrected chi connectivity index (χ3v) is 4.66. The van der Waals surface area contributed by atoms with Crippen molar-refractivity contribution in [2.24, 2.45) is 5.10 Å². The minimum absolute atomic E-state index is 0.157. The van der Waals surface area contributed by atoms with Crippen molar-refractivity contribution in [3.8, 4) is 0 Å². The number of anilines is 1.